The van der Waals surface area contributed by atoms with E-state index in [-0.39, 0.29) is 12.3 Å². The number of nitrogens with zero attached hydrogens (tertiary/aromatic N) is 2. The second kappa shape index (κ2) is 7.44. The van der Waals surface area contributed by atoms with Crippen molar-refractivity contribution in [2.45, 2.75) is 6.42 Å². The lowest BCUT2D eigenvalue weighted by Crippen LogP contribution is -2.25. The van der Waals surface area contributed by atoms with Crippen LogP contribution in [0.2, 0.25) is 0 Å². The van der Waals surface area contributed by atoms with Gasteiger partial charge in [-0.25, -0.2) is 4.68 Å². The standard InChI is InChI=1S/C19H18N4O2/c1-20-18(24)13-19(25)21-17-12-16(14-8-4-2-5-9-14)22-23(17)15-10-6-3-7-11-15/h2-12H,13H2,1H3,(H,20,24)(H,21,25). The molecular formula is C19H18N4O2. The van der Waals surface area contributed by atoms with Crippen LogP contribution in [0.5, 0.6) is 0 Å². The van der Waals surface area contributed by atoms with E-state index in [1.807, 2.05) is 60.7 Å². The molecule has 2 aromatic carbocycles. The SMILES string of the molecule is CNC(=O)CC(=O)Nc1cc(-c2ccccc2)nn1-c1ccccc1. The van der Waals surface area contributed by atoms with E-state index < -0.39 is 5.91 Å². The first-order valence-corrected chi connectivity index (χ1v) is 7.88. The lowest BCUT2D eigenvalue weighted by atomic mass is 10.1. The zero-order chi connectivity index (χ0) is 17.6. The summed E-state index contributed by atoms with van der Waals surface area (Å²) in [6, 6.07) is 21.0. The molecule has 0 saturated heterocycles. The van der Waals surface area contributed by atoms with Crippen molar-refractivity contribution in [1.82, 2.24) is 15.1 Å². The van der Waals surface area contributed by atoms with E-state index in [1.54, 1.807) is 10.7 Å². The Morgan fingerprint density at radius 3 is 2.24 bits per heavy atom. The van der Waals surface area contributed by atoms with Gasteiger partial charge in [-0.1, -0.05) is 48.5 Å². The number of rotatable bonds is 5. The number of para-hydroxylation sites is 1. The van der Waals surface area contributed by atoms with Crippen LogP contribution in [0.1, 0.15) is 6.42 Å². The monoisotopic (exact) mass is 334 g/mol. The molecular weight excluding hydrogens is 316 g/mol. The van der Waals surface area contributed by atoms with Crippen molar-refractivity contribution in [2.75, 3.05) is 12.4 Å². The van der Waals surface area contributed by atoms with Gasteiger partial charge in [0.25, 0.3) is 0 Å². The number of hydrogen-bond acceptors (Lipinski definition) is 3. The van der Waals surface area contributed by atoms with Crippen LogP contribution in [0.25, 0.3) is 16.9 Å². The van der Waals surface area contributed by atoms with Gasteiger partial charge in [-0.3, -0.25) is 9.59 Å². The van der Waals surface area contributed by atoms with Crippen molar-refractivity contribution in [1.29, 1.82) is 0 Å². The van der Waals surface area contributed by atoms with Gasteiger partial charge in [0.1, 0.15) is 12.2 Å². The Kier molecular flexibility index (Phi) is 4.89. The Balaban J connectivity index is 1.96. The van der Waals surface area contributed by atoms with E-state index in [0.717, 1.165) is 16.9 Å². The van der Waals surface area contributed by atoms with E-state index in [1.165, 1.54) is 7.05 Å². The van der Waals surface area contributed by atoms with E-state index in [2.05, 4.69) is 15.7 Å². The van der Waals surface area contributed by atoms with Gasteiger partial charge in [-0.15, -0.1) is 0 Å². The molecule has 0 atom stereocenters. The molecule has 25 heavy (non-hydrogen) atoms. The molecule has 0 aliphatic rings. The molecule has 2 amide bonds. The van der Waals surface area contributed by atoms with Gasteiger partial charge >= 0.3 is 0 Å². The second-order valence-corrected chi connectivity index (χ2v) is 5.43. The van der Waals surface area contributed by atoms with Crippen LogP contribution in [-0.2, 0) is 9.59 Å². The summed E-state index contributed by atoms with van der Waals surface area (Å²) in [5.41, 5.74) is 2.50. The summed E-state index contributed by atoms with van der Waals surface area (Å²) >= 11 is 0. The summed E-state index contributed by atoms with van der Waals surface area (Å²) < 4.78 is 1.66. The van der Waals surface area contributed by atoms with Crippen molar-refractivity contribution in [3.63, 3.8) is 0 Å². The maximum Gasteiger partial charge on any atom is 0.234 e. The molecule has 0 spiro atoms. The number of hydrogen-bond donors (Lipinski definition) is 2. The minimum absolute atomic E-state index is 0.239. The average molecular weight is 334 g/mol. The van der Waals surface area contributed by atoms with Crippen LogP contribution in [0, 0.1) is 0 Å². The Labute approximate surface area is 145 Å². The number of aromatic nitrogens is 2. The molecule has 0 saturated carbocycles. The van der Waals surface area contributed by atoms with Crippen molar-refractivity contribution in [3.8, 4) is 16.9 Å². The number of carbonyl (C=O) groups excluding carboxylic acids is 2. The molecule has 0 radical (unpaired) electrons. The van der Waals surface area contributed by atoms with E-state index in [4.69, 9.17) is 0 Å². The summed E-state index contributed by atoms with van der Waals surface area (Å²) in [6.45, 7) is 0. The maximum absolute atomic E-state index is 12.1. The summed E-state index contributed by atoms with van der Waals surface area (Å²) in [6.07, 6.45) is -0.239. The Morgan fingerprint density at radius 2 is 1.60 bits per heavy atom. The Morgan fingerprint density at radius 1 is 0.960 bits per heavy atom. The van der Waals surface area contributed by atoms with Crippen molar-refractivity contribution in [2.24, 2.45) is 0 Å². The first-order chi connectivity index (χ1) is 12.2. The van der Waals surface area contributed by atoms with Gasteiger partial charge in [0.15, 0.2) is 0 Å². The van der Waals surface area contributed by atoms with Gasteiger partial charge < -0.3 is 10.6 Å². The summed E-state index contributed by atoms with van der Waals surface area (Å²) in [7, 11) is 1.50. The summed E-state index contributed by atoms with van der Waals surface area (Å²) in [5, 5.41) is 9.81. The van der Waals surface area contributed by atoms with Gasteiger partial charge in [-0.05, 0) is 12.1 Å². The highest BCUT2D eigenvalue weighted by Crippen LogP contribution is 2.24. The maximum atomic E-state index is 12.1. The predicted octanol–water partition coefficient (Wildman–Crippen LogP) is 2.61. The molecule has 0 aliphatic heterocycles. The van der Waals surface area contributed by atoms with Crippen LogP contribution >= 0.6 is 0 Å². The minimum atomic E-state index is -0.393. The fourth-order valence-corrected chi connectivity index (χ4v) is 2.41. The first-order valence-electron chi connectivity index (χ1n) is 7.88. The third-order valence-electron chi connectivity index (χ3n) is 3.65. The van der Waals surface area contributed by atoms with E-state index in [9.17, 15) is 9.59 Å². The lowest BCUT2D eigenvalue weighted by molar-refractivity contribution is -0.126. The largest absolute Gasteiger partial charge is 0.359 e. The highest BCUT2D eigenvalue weighted by atomic mass is 16.2. The fourth-order valence-electron chi connectivity index (χ4n) is 2.41. The second-order valence-electron chi connectivity index (χ2n) is 5.43. The summed E-state index contributed by atoms with van der Waals surface area (Å²) in [4.78, 5) is 23.5. The third-order valence-corrected chi connectivity index (χ3v) is 3.65. The Hall–Kier alpha value is -3.41. The number of nitrogens with one attached hydrogen (secondary N) is 2. The lowest BCUT2D eigenvalue weighted by Gasteiger charge is -2.08. The summed E-state index contributed by atoms with van der Waals surface area (Å²) in [5.74, 6) is -0.221. The van der Waals surface area contributed by atoms with Crippen molar-refractivity contribution < 1.29 is 9.59 Å². The molecule has 126 valence electrons. The number of benzene rings is 2. The molecule has 0 bridgehead atoms. The normalized spacial score (nSPS) is 10.3. The highest BCUT2D eigenvalue weighted by Gasteiger charge is 2.15. The quantitative estimate of drug-likeness (QED) is 0.704. The first kappa shape index (κ1) is 16.4. The highest BCUT2D eigenvalue weighted by molar-refractivity contribution is 6.03. The molecule has 6 nitrogen and oxygen atoms in total. The van der Waals surface area contributed by atoms with E-state index in [0.29, 0.717) is 5.82 Å². The predicted molar refractivity (Wildman–Crippen MR) is 96.3 cm³/mol. The van der Waals surface area contributed by atoms with E-state index >= 15 is 0 Å². The fraction of sp³-hybridized carbons (Fsp3) is 0.105. The zero-order valence-corrected chi connectivity index (χ0v) is 13.8. The van der Waals surface area contributed by atoms with Crippen LogP contribution in [0.3, 0.4) is 0 Å². The zero-order valence-electron chi connectivity index (χ0n) is 13.8. The number of anilines is 1. The smallest absolute Gasteiger partial charge is 0.234 e. The average Bonchev–Trinajstić information content (AvgIpc) is 3.06. The van der Waals surface area contributed by atoms with Crippen LogP contribution in [0.4, 0.5) is 5.82 Å². The van der Waals surface area contributed by atoms with Gasteiger partial charge in [0.2, 0.25) is 11.8 Å². The van der Waals surface area contributed by atoms with Crippen LogP contribution in [0.15, 0.2) is 66.7 Å². The molecule has 3 aromatic rings. The molecule has 0 fully saturated rings. The molecule has 0 aliphatic carbocycles. The molecule has 1 heterocycles. The topological polar surface area (TPSA) is 76.0 Å². The molecule has 6 heteroatoms. The number of carbonyl (C=O) groups is 2. The molecule has 3 rings (SSSR count). The minimum Gasteiger partial charge on any atom is -0.359 e. The van der Waals surface area contributed by atoms with Gasteiger partial charge in [-0.2, -0.15) is 5.10 Å². The molecule has 0 unspecified atom stereocenters. The molecule has 1 aromatic heterocycles. The van der Waals surface area contributed by atoms with Crippen molar-refractivity contribution >= 4 is 17.6 Å². The Bertz CT molecular complexity index is 873. The van der Waals surface area contributed by atoms with Gasteiger partial charge in [0.05, 0.1) is 11.4 Å². The molecule has 2 N–H and O–H groups in total. The van der Waals surface area contributed by atoms with Gasteiger partial charge in [0, 0.05) is 18.7 Å². The van der Waals surface area contributed by atoms with Crippen LogP contribution < -0.4 is 10.6 Å². The number of amides is 2. The third kappa shape index (κ3) is 3.92. The van der Waals surface area contributed by atoms with Crippen molar-refractivity contribution in [3.05, 3.63) is 66.7 Å². The van der Waals surface area contributed by atoms with Crippen LogP contribution in [-0.4, -0.2) is 28.6 Å².